The Balaban J connectivity index is 1.92. The third-order valence-electron chi connectivity index (χ3n) is 4.38. The number of hydrogen-bond donors (Lipinski definition) is 0. The minimum atomic E-state index is -3.11. The highest BCUT2D eigenvalue weighted by molar-refractivity contribution is 8.26. The van der Waals surface area contributed by atoms with Crippen molar-refractivity contribution >= 4 is 50.1 Å². The van der Waals surface area contributed by atoms with E-state index in [4.69, 9.17) is 26.4 Å². The molecule has 0 bridgehead atoms. The van der Waals surface area contributed by atoms with Crippen LogP contribution in [0, 0.1) is 0 Å². The van der Waals surface area contributed by atoms with E-state index < -0.39 is 15.9 Å². The second-order valence-electron chi connectivity index (χ2n) is 6.07. The van der Waals surface area contributed by atoms with Crippen molar-refractivity contribution in [3.05, 3.63) is 22.6 Å². The average Bonchev–Trinajstić information content (AvgIpc) is 3.12. The van der Waals surface area contributed by atoms with Gasteiger partial charge in [0.2, 0.25) is 5.75 Å². The summed E-state index contributed by atoms with van der Waals surface area (Å²) in [7, 11) is 1.43. The number of carbonyl (C=O) groups excluding carboxylic acids is 1. The average molecular weight is 430 g/mol. The summed E-state index contributed by atoms with van der Waals surface area (Å²) in [5.41, 5.74) is 0.684. The summed E-state index contributed by atoms with van der Waals surface area (Å²) >= 11 is 6.48. The summed E-state index contributed by atoms with van der Waals surface area (Å²) in [5.74, 6) is 1.17. The van der Waals surface area contributed by atoms with Crippen LogP contribution >= 0.6 is 24.0 Å². The van der Waals surface area contributed by atoms with Gasteiger partial charge in [-0.1, -0.05) is 24.0 Å². The summed E-state index contributed by atoms with van der Waals surface area (Å²) in [6.45, 7) is 0. The molecule has 0 radical (unpaired) electrons. The van der Waals surface area contributed by atoms with Crippen LogP contribution in [0.2, 0.25) is 0 Å². The van der Waals surface area contributed by atoms with Gasteiger partial charge in [-0.15, -0.1) is 0 Å². The molecule has 2 heterocycles. The number of thioether (sulfide) groups is 1. The standard InChI is InChI=1S/C17H19NO6S3/c1-22-12-6-10(7-13(23-2)15(12)24-3)8-14-16(19)18(17(25)26-14)11-4-5-27(20,21)9-11/h6-8,11H,4-5,9H2,1-3H3/b14-8-/t11-/m1/s1. The molecular weight excluding hydrogens is 410 g/mol. The molecule has 0 unspecified atom stereocenters. The van der Waals surface area contributed by atoms with Crippen LogP contribution < -0.4 is 14.2 Å². The molecule has 27 heavy (non-hydrogen) atoms. The van der Waals surface area contributed by atoms with E-state index in [1.54, 1.807) is 18.2 Å². The van der Waals surface area contributed by atoms with Crippen LogP contribution in [-0.2, 0) is 14.6 Å². The fourth-order valence-corrected chi connectivity index (χ4v) is 6.21. The maximum absolute atomic E-state index is 12.8. The molecule has 2 saturated heterocycles. The Bertz CT molecular complexity index is 900. The van der Waals surface area contributed by atoms with Crippen molar-refractivity contribution in [1.29, 1.82) is 0 Å². The van der Waals surface area contributed by atoms with Crippen LogP contribution in [0.4, 0.5) is 0 Å². The lowest BCUT2D eigenvalue weighted by Crippen LogP contribution is -2.39. The van der Waals surface area contributed by atoms with Gasteiger partial charge in [-0.3, -0.25) is 9.69 Å². The Morgan fingerprint density at radius 2 is 1.81 bits per heavy atom. The zero-order chi connectivity index (χ0) is 19.8. The van der Waals surface area contributed by atoms with Crippen molar-refractivity contribution in [3.63, 3.8) is 0 Å². The van der Waals surface area contributed by atoms with Crippen molar-refractivity contribution in [2.75, 3.05) is 32.8 Å². The molecule has 1 aromatic carbocycles. The van der Waals surface area contributed by atoms with Gasteiger partial charge in [0.05, 0.1) is 43.8 Å². The first-order valence-corrected chi connectivity index (χ1v) is 11.1. The molecule has 0 spiro atoms. The lowest BCUT2D eigenvalue weighted by Gasteiger charge is -2.20. The minimum Gasteiger partial charge on any atom is -0.493 e. The zero-order valence-electron chi connectivity index (χ0n) is 15.1. The van der Waals surface area contributed by atoms with E-state index >= 15 is 0 Å². The summed E-state index contributed by atoms with van der Waals surface area (Å²) < 4.78 is 39.8. The van der Waals surface area contributed by atoms with Gasteiger partial charge in [0.1, 0.15) is 4.32 Å². The van der Waals surface area contributed by atoms with E-state index in [-0.39, 0.29) is 17.4 Å². The Kier molecular flexibility index (Phi) is 5.68. The predicted octanol–water partition coefficient (Wildman–Crippen LogP) is 2.10. The number of methoxy groups -OCH3 is 3. The first kappa shape index (κ1) is 20.0. The van der Waals surface area contributed by atoms with Crippen molar-refractivity contribution in [2.24, 2.45) is 0 Å². The number of ether oxygens (including phenoxy) is 3. The Morgan fingerprint density at radius 1 is 1.19 bits per heavy atom. The molecular formula is C17H19NO6S3. The lowest BCUT2D eigenvalue weighted by molar-refractivity contribution is -0.123. The maximum Gasteiger partial charge on any atom is 0.266 e. The number of hydrogen-bond acceptors (Lipinski definition) is 8. The number of thiocarbonyl (C=S) groups is 1. The molecule has 1 amide bonds. The largest absolute Gasteiger partial charge is 0.493 e. The first-order valence-electron chi connectivity index (χ1n) is 8.07. The van der Waals surface area contributed by atoms with Crippen LogP contribution in [0.15, 0.2) is 17.0 Å². The number of sulfone groups is 1. The van der Waals surface area contributed by atoms with Crippen molar-refractivity contribution in [1.82, 2.24) is 4.90 Å². The SMILES string of the molecule is COc1cc(/C=C2\SC(=S)N([C@@H]3CCS(=O)(=O)C3)C2=O)cc(OC)c1OC. The van der Waals surface area contributed by atoms with E-state index in [9.17, 15) is 13.2 Å². The highest BCUT2D eigenvalue weighted by atomic mass is 32.2. The van der Waals surface area contributed by atoms with E-state index in [1.807, 2.05) is 0 Å². The number of amides is 1. The third kappa shape index (κ3) is 3.92. The highest BCUT2D eigenvalue weighted by Gasteiger charge is 2.42. The monoisotopic (exact) mass is 429 g/mol. The maximum atomic E-state index is 12.8. The third-order valence-corrected chi connectivity index (χ3v) is 7.46. The van der Waals surface area contributed by atoms with Gasteiger partial charge in [0.25, 0.3) is 5.91 Å². The van der Waals surface area contributed by atoms with E-state index in [1.165, 1.54) is 26.2 Å². The molecule has 2 aliphatic heterocycles. The van der Waals surface area contributed by atoms with Gasteiger partial charge >= 0.3 is 0 Å². The quantitative estimate of drug-likeness (QED) is 0.520. The second kappa shape index (κ2) is 7.69. The number of benzene rings is 1. The smallest absolute Gasteiger partial charge is 0.266 e. The van der Waals surface area contributed by atoms with Gasteiger partial charge < -0.3 is 14.2 Å². The van der Waals surface area contributed by atoms with Crippen LogP contribution in [0.25, 0.3) is 6.08 Å². The summed E-state index contributed by atoms with van der Waals surface area (Å²) in [4.78, 5) is 14.7. The molecule has 2 aliphatic rings. The number of carbonyl (C=O) groups is 1. The molecule has 0 aliphatic carbocycles. The minimum absolute atomic E-state index is 0.0447. The topological polar surface area (TPSA) is 82.1 Å². The summed E-state index contributed by atoms with van der Waals surface area (Å²) in [5, 5.41) is 0. The van der Waals surface area contributed by atoms with Crippen molar-refractivity contribution in [3.8, 4) is 17.2 Å². The Morgan fingerprint density at radius 3 is 2.30 bits per heavy atom. The van der Waals surface area contributed by atoms with Crippen LogP contribution in [0.5, 0.6) is 17.2 Å². The van der Waals surface area contributed by atoms with Crippen LogP contribution in [0.3, 0.4) is 0 Å². The molecule has 0 N–H and O–H groups in total. The molecule has 1 atom stereocenters. The fourth-order valence-electron chi connectivity index (χ4n) is 3.11. The van der Waals surface area contributed by atoms with Crippen LogP contribution in [-0.4, -0.2) is 62.4 Å². The van der Waals surface area contributed by atoms with Gasteiger partial charge in [-0.2, -0.15) is 0 Å². The van der Waals surface area contributed by atoms with Crippen molar-refractivity contribution < 1.29 is 27.4 Å². The molecule has 0 aromatic heterocycles. The normalized spacial score (nSPS) is 23.1. The van der Waals surface area contributed by atoms with Crippen molar-refractivity contribution in [2.45, 2.75) is 12.5 Å². The summed E-state index contributed by atoms with van der Waals surface area (Å²) in [6, 6.07) is 3.07. The van der Waals surface area contributed by atoms with Crippen LogP contribution in [0.1, 0.15) is 12.0 Å². The molecule has 1 aromatic rings. The molecule has 2 fully saturated rings. The van der Waals surface area contributed by atoms with E-state index in [0.29, 0.717) is 38.5 Å². The molecule has 146 valence electrons. The van der Waals surface area contributed by atoms with Gasteiger partial charge in [-0.25, -0.2) is 8.42 Å². The van der Waals surface area contributed by atoms with E-state index in [2.05, 4.69) is 0 Å². The summed E-state index contributed by atoms with van der Waals surface area (Å²) in [6.07, 6.45) is 2.10. The first-order chi connectivity index (χ1) is 12.8. The second-order valence-corrected chi connectivity index (χ2v) is 9.97. The highest BCUT2D eigenvalue weighted by Crippen LogP contribution is 2.41. The van der Waals surface area contributed by atoms with Gasteiger partial charge in [0.15, 0.2) is 21.3 Å². The lowest BCUT2D eigenvalue weighted by atomic mass is 10.1. The molecule has 3 rings (SSSR count). The Labute approximate surface area is 167 Å². The Hall–Kier alpha value is -1.78. The molecule has 10 heteroatoms. The molecule has 0 saturated carbocycles. The zero-order valence-corrected chi connectivity index (χ0v) is 17.5. The van der Waals surface area contributed by atoms with Gasteiger partial charge in [-0.05, 0) is 30.2 Å². The molecule has 7 nitrogen and oxygen atoms in total. The fraction of sp³-hybridized carbons (Fsp3) is 0.412. The predicted molar refractivity (Wildman–Crippen MR) is 108 cm³/mol. The number of nitrogens with zero attached hydrogens (tertiary/aromatic N) is 1. The number of rotatable bonds is 5. The van der Waals surface area contributed by atoms with E-state index in [0.717, 1.165) is 11.8 Å². The van der Waals surface area contributed by atoms with Gasteiger partial charge in [0, 0.05) is 0 Å².